The van der Waals surface area contributed by atoms with Gasteiger partial charge in [0, 0.05) is 0 Å². The number of nitrogens with zero attached hydrogens (tertiary/aromatic N) is 1. The normalized spacial score (nSPS) is 15.5. The minimum absolute atomic E-state index is 0.0780. The number of hydrogen-bond donors (Lipinski definition) is 4. The van der Waals surface area contributed by atoms with Gasteiger partial charge in [0.15, 0.2) is 0 Å². The molecule has 16 heavy (non-hydrogen) atoms. The van der Waals surface area contributed by atoms with Gasteiger partial charge in [-0.05, 0) is 5.56 Å². The molecular formula is C7H11NO5P2S. The second kappa shape index (κ2) is 5.47. The molecule has 0 saturated carbocycles. The highest BCUT2D eigenvalue weighted by atomic mass is 32.7. The van der Waals surface area contributed by atoms with Crippen LogP contribution in [0, 0.1) is 0 Å². The molecule has 1 unspecified atom stereocenters. The van der Waals surface area contributed by atoms with Crippen molar-refractivity contribution in [3.63, 3.8) is 0 Å². The molecule has 3 N–H and O–H groups in total. The van der Waals surface area contributed by atoms with Gasteiger partial charge < -0.3 is 14.7 Å². The summed E-state index contributed by atoms with van der Waals surface area (Å²) in [6, 6.07) is 8.90. The fraction of sp³-hybridized carbons (Fsp3) is 0.143. The third-order valence-corrected chi connectivity index (χ3v) is 4.77. The molecule has 0 aliphatic rings. The molecule has 90 valence electrons. The number of phosphoric acid groups is 1. The lowest BCUT2D eigenvalue weighted by molar-refractivity contribution is 0.283. The SMILES string of the molecule is O=P(O)(O)OP(O)(S)=NCc1ccccc1. The molecule has 6 nitrogen and oxygen atoms in total. The molecule has 1 aromatic carbocycles. The Labute approximate surface area is 97.9 Å². The van der Waals surface area contributed by atoms with Gasteiger partial charge in [0.2, 0.25) is 0 Å². The second-order valence-corrected chi connectivity index (χ2v) is 7.38. The first-order valence-corrected chi connectivity index (χ1v) is 8.42. The zero-order valence-electron chi connectivity index (χ0n) is 8.04. The molecule has 1 atom stereocenters. The molecule has 0 bridgehead atoms. The minimum atomic E-state index is -4.78. The van der Waals surface area contributed by atoms with Gasteiger partial charge in [-0.1, -0.05) is 42.6 Å². The number of rotatable bonds is 4. The topological polar surface area (TPSA) is 99.4 Å². The van der Waals surface area contributed by atoms with Crippen molar-refractivity contribution in [2.45, 2.75) is 6.54 Å². The van der Waals surface area contributed by atoms with Crippen molar-refractivity contribution >= 4 is 26.8 Å². The van der Waals surface area contributed by atoms with E-state index in [2.05, 4.69) is 21.3 Å². The zero-order valence-corrected chi connectivity index (χ0v) is 10.7. The van der Waals surface area contributed by atoms with E-state index in [0.717, 1.165) is 5.56 Å². The Morgan fingerprint density at radius 1 is 1.25 bits per heavy atom. The molecule has 0 spiro atoms. The Hall–Kier alpha value is -0.130. The molecule has 0 aliphatic carbocycles. The van der Waals surface area contributed by atoms with Crippen molar-refractivity contribution in [1.82, 2.24) is 0 Å². The Morgan fingerprint density at radius 3 is 2.31 bits per heavy atom. The van der Waals surface area contributed by atoms with Gasteiger partial charge in [0.1, 0.15) is 0 Å². The van der Waals surface area contributed by atoms with Crippen molar-refractivity contribution in [3.8, 4) is 0 Å². The van der Waals surface area contributed by atoms with Crippen LogP contribution < -0.4 is 0 Å². The first-order valence-electron chi connectivity index (χ1n) is 4.13. The highest BCUT2D eigenvalue weighted by molar-refractivity contribution is 8.45. The van der Waals surface area contributed by atoms with Crippen LogP contribution in [0.2, 0.25) is 0 Å². The van der Waals surface area contributed by atoms with E-state index in [1.165, 1.54) is 0 Å². The van der Waals surface area contributed by atoms with Crippen LogP contribution >= 0.6 is 26.8 Å². The predicted molar refractivity (Wildman–Crippen MR) is 63.8 cm³/mol. The smallest absolute Gasteiger partial charge is 0.332 e. The number of thiol groups is 1. The summed E-state index contributed by atoms with van der Waals surface area (Å²) in [6.45, 7) is -3.60. The fourth-order valence-electron chi connectivity index (χ4n) is 0.926. The van der Waals surface area contributed by atoms with Gasteiger partial charge in [0.05, 0.1) is 6.54 Å². The highest BCUT2D eigenvalue weighted by Crippen LogP contribution is 2.62. The van der Waals surface area contributed by atoms with Crippen LogP contribution in [0.25, 0.3) is 0 Å². The highest BCUT2D eigenvalue weighted by Gasteiger charge is 2.24. The maximum atomic E-state index is 10.5. The Morgan fingerprint density at radius 2 is 1.81 bits per heavy atom. The van der Waals surface area contributed by atoms with Gasteiger partial charge in [-0.2, -0.15) is 0 Å². The van der Waals surface area contributed by atoms with E-state index in [9.17, 15) is 9.46 Å². The van der Waals surface area contributed by atoms with E-state index in [1.807, 2.05) is 6.07 Å². The lowest BCUT2D eigenvalue weighted by Gasteiger charge is -2.12. The van der Waals surface area contributed by atoms with E-state index in [1.54, 1.807) is 24.3 Å². The summed E-state index contributed by atoms with van der Waals surface area (Å²) < 4.78 is 18.2. The van der Waals surface area contributed by atoms with Crippen LogP contribution in [-0.2, 0) is 15.4 Å². The van der Waals surface area contributed by atoms with E-state index >= 15 is 0 Å². The van der Waals surface area contributed by atoms with Crippen LogP contribution in [0.4, 0.5) is 0 Å². The van der Waals surface area contributed by atoms with Crippen molar-refractivity contribution < 1.29 is 23.6 Å². The van der Waals surface area contributed by atoms with Crippen LogP contribution in [0.5, 0.6) is 0 Å². The minimum Gasteiger partial charge on any atom is -0.332 e. The lowest BCUT2D eigenvalue weighted by atomic mass is 10.2. The van der Waals surface area contributed by atoms with Crippen molar-refractivity contribution in [1.29, 1.82) is 0 Å². The predicted octanol–water partition coefficient (Wildman–Crippen LogP) is 2.16. The molecule has 0 aliphatic heterocycles. The first-order chi connectivity index (χ1) is 7.29. The van der Waals surface area contributed by atoms with Crippen LogP contribution in [0.1, 0.15) is 5.56 Å². The van der Waals surface area contributed by atoms with Gasteiger partial charge >= 0.3 is 7.82 Å². The Balaban J connectivity index is 2.73. The quantitative estimate of drug-likeness (QED) is 0.501. The number of benzene rings is 1. The molecule has 0 fully saturated rings. The summed E-state index contributed by atoms with van der Waals surface area (Å²) in [5.41, 5.74) is 0.782. The lowest BCUT2D eigenvalue weighted by Crippen LogP contribution is -1.85. The largest absolute Gasteiger partial charge is 0.476 e. The molecular weight excluding hydrogens is 272 g/mol. The van der Waals surface area contributed by atoms with Crippen molar-refractivity contribution in [2.24, 2.45) is 4.74 Å². The van der Waals surface area contributed by atoms with Crippen molar-refractivity contribution in [2.75, 3.05) is 0 Å². The standard InChI is InChI=1S/C7H11NO5P2S/c9-14(16,13-15(10,11)12)8-6-7-4-2-1-3-5-7/h1-5,9,16H,6H2,(H2,10,11,12). The summed E-state index contributed by atoms with van der Waals surface area (Å²) in [7, 11) is -4.78. The average Bonchev–Trinajstić information content (AvgIpc) is 2.13. The molecule has 9 heteroatoms. The van der Waals surface area contributed by atoms with Crippen LogP contribution in [0.15, 0.2) is 35.1 Å². The van der Waals surface area contributed by atoms with Crippen LogP contribution in [0.3, 0.4) is 0 Å². The van der Waals surface area contributed by atoms with Gasteiger partial charge in [-0.15, -0.1) is 0 Å². The summed E-state index contributed by atoms with van der Waals surface area (Å²) in [5.74, 6) is 0. The summed E-state index contributed by atoms with van der Waals surface area (Å²) in [5, 5.41) is 0. The first kappa shape index (κ1) is 13.9. The average molecular weight is 283 g/mol. The molecule has 1 rings (SSSR count). The fourth-order valence-corrected chi connectivity index (χ4v) is 3.67. The molecule has 0 radical (unpaired) electrons. The Kier molecular flexibility index (Phi) is 4.76. The van der Waals surface area contributed by atoms with E-state index in [0.29, 0.717) is 0 Å². The number of hydrogen-bond acceptors (Lipinski definition) is 3. The monoisotopic (exact) mass is 283 g/mol. The molecule has 0 heterocycles. The van der Waals surface area contributed by atoms with E-state index in [-0.39, 0.29) is 6.54 Å². The molecule has 0 aromatic heterocycles. The third kappa shape index (κ3) is 5.82. The molecule has 0 amide bonds. The summed E-state index contributed by atoms with van der Waals surface area (Å²) in [4.78, 5) is 26.4. The third-order valence-electron chi connectivity index (χ3n) is 1.50. The summed E-state index contributed by atoms with van der Waals surface area (Å²) >= 11 is 3.60. The zero-order chi connectivity index (χ0) is 12.2. The van der Waals surface area contributed by atoms with Crippen LogP contribution in [-0.4, -0.2) is 14.7 Å². The molecule has 1 aromatic rings. The maximum absolute atomic E-state index is 10.5. The van der Waals surface area contributed by atoms with Gasteiger partial charge in [-0.25, -0.2) is 13.6 Å². The summed E-state index contributed by atoms with van der Waals surface area (Å²) in [6.07, 6.45) is 0. The van der Waals surface area contributed by atoms with E-state index in [4.69, 9.17) is 9.79 Å². The Bertz CT molecular complexity index is 439. The maximum Gasteiger partial charge on any atom is 0.476 e. The van der Waals surface area contributed by atoms with Gasteiger partial charge in [0.25, 0.3) is 6.71 Å². The second-order valence-electron chi connectivity index (χ2n) is 2.87. The van der Waals surface area contributed by atoms with Gasteiger partial charge in [-0.3, -0.25) is 0 Å². The molecule has 0 saturated heterocycles. The van der Waals surface area contributed by atoms with Crippen molar-refractivity contribution in [3.05, 3.63) is 35.9 Å². The van der Waals surface area contributed by atoms with E-state index < -0.39 is 14.5 Å².